The van der Waals surface area contributed by atoms with Gasteiger partial charge < -0.3 is 9.47 Å². The van der Waals surface area contributed by atoms with Crippen LogP contribution in [-0.4, -0.2) is 18.5 Å². The largest absolute Gasteiger partial charge is 0.348 e. The van der Waals surface area contributed by atoms with Crippen molar-refractivity contribution in [2.75, 3.05) is 6.61 Å². The Bertz CT molecular complexity index is 745. The first-order valence-corrected chi connectivity index (χ1v) is 10.7. The average Bonchev–Trinajstić information content (AvgIpc) is 2.98. The van der Waals surface area contributed by atoms with E-state index >= 15 is 0 Å². The Hall–Kier alpha value is -1.19. The van der Waals surface area contributed by atoms with E-state index < -0.39 is 0 Å². The van der Waals surface area contributed by atoms with E-state index in [0.717, 1.165) is 37.9 Å². The van der Waals surface area contributed by atoms with E-state index in [0.29, 0.717) is 17.6 Å². The molecule has 1 aromatic rings. The van der Waals surface area contributed by atoms with Gasteiger partial charge >= 0.3 is 0 Å². The van der Waals surface area contributed by atoms with E-state index in [-0.39, 0.29) is 28.6 Å². The molecule has 0 bridgehead atoms. The second-order valence-electron chi connectivity index (χ2n) is 10.1. The Morgan fingerprint density at radius 2 is 1.78 bits per heavy atom. The van der Waals surface area contributed by atoms with Crippen molar-refractivity contribution in [1.29, 1.82) is 0 Å². The van der Waals surface area contributed by atoms with Gasteiger partial charge in [-0.25, -0.2) is 0 Å². The molecular formula is C24H32O3. The lowest BCUT2D eigenvalue weighted by atomic mass is 9.41. The maximum Gasteiger partial charge on any atom is 0.184 e. The van der Waals surface area contributed by atoms with Crippen LogP contribution in [-0.2, 0) is 14.3 Å². The predicted octanol–water partition coefficient (Wildman–Crippen LogP) is 5.30. The molecule has 7 unspecified atom stereocenters. The lowest BCUT2D eigenvalue weighted by molar-refractivity contribution is -0.314. The van der Waals surface area contributed by atoms with Crippen LogP contribution in [0.1, 0.15) is 71.1 Å². The lowest BCUT2D eigenvalue weighted by Gasteiger charge is -2.65. The minimum atomic E-state index is -0.256. The third-order valence-corrected chi connectivity index (χ3v) is 9.24. The van der Waals surface area contributed by atoms with Crippen LogP contribution >= 0.6 is 0 Å². The van der Waals surface area contributed by atoms with Gasteiger partial charge in [0.25, 0.3) is 0 Å². The van der Waals surface area contributed by atoms with Crippen LogP contribution in [0.4, 0.5) is 0 Å². The van der Waals surface area contributed by atoms with Gasteiger partial charge in [0.1, 0.15) is 5.78 Å². The molecule has 1 aliphatic heterocycles. The average molecular weight is 369 g/mol. The molecule has 0 amide bonds. The standard InChI is InChI=1S/C24H32O3/c1-22-15-26-21(16-7-5-4-6-8-16)27-20(22)13-14-23(2)18(22)11-9-17-10-12-19(25)24(17,23)3/h4-8,17-18,20-21H,9-15H2,1-3H3. The van der Waals surface area contributed by atoms with Crippen molar-refractivity contribution in [2.24, 2.45) is 28.1 Å². The fourth-order valence-corrected chi connectivity index (χ4v) is 7.47. The van der Waals surface area contributed by atoms with Crippen LogP contribution in [0.25, 0.3) is 0 Å². The molecule has 4 aliphatic rings. The first-order chi connectivity index (χ1) is 12.9. The Morgan fingerprint density at radius 1 is 1.00 bits per heavy atom. The van der Waals surface area contributed by atoms with Crippen molar-refractivity contribution in [1.82, 2.24) is 0 Å². The monoisotopic (exact) mass is 368 g/mol. The Labute approximate surface area is 162 Å². The summed E-state index contributed by atoms with van der Waals surface area (Å²) >= 11 is 0. The van der Waals surface area contributed by atoms with Gasteiger partial charge in [0.15, 0.2) is 6.29 Å². The zero-order valence-electron chi connectivity index (χ0n) is 16.9. The maximum absolute atomic E-state index is 13.0. The molecular weight excluding hydrogens is 336 g/mol. The first kappa shape index (κ1) is 17.9. The molecule has 0 N–H and O–H groups in total. The summed E-state index contributed by atoms with van der Waals surface area (Å²) < 4.78 is 12.8. The molecule has 146 valence electrons. The lowest BCUT2D eigenvalue weighted by Crippen LogP contribution is -2.64. The zero-order chi connectivity index (χ0) is 18.9. The number of carbonyl (C=O) groups is 1. The van der Waals surface area contributed by atoms with Gasteiger partial charge in [0.05, 0.1) is 12.7 Å². The molecule has 7 atom stereocenters. The molecule has 0 aromatic heterocycles. The summed E-state index contributed by atoms with van der Waals surface area (Å²) in [7, 11) is 0. The van der Waals surface area contributed by atoms with Crippen LogP contribution in [0.2, 0.25) is 0 Å². The SMILES string of the molecule is CC12COC(c3ccccc3)OC1CCC1(C)C2CCC2CCC(=O)C21C. The van der Waals surface area contributed by atoms with E-state index in [9.17, 15) is 4.79 Å². The van der Waals surface area contributed by atoms with Crippen LogP contribution in [0.5, 0.6) is 0 Å². The number of fused-ring (bicyclic) bond motifs is 5. The van der Waals surface area contributed by atoms with Gasteiger partial charge in [-0.2, -0.15) is 0 Å². The number of hydrogen-bond acceptors (Lipinski definition) is 3. The summed E-state index contributed by atoms with van der Waals surface area (Å²) in [6.07, 6.45) is 6.37. The number of carbonyl (C=O) groups excluding carboxylic acids is 1. The molecule has 5 rings (SSSR count). The first-order valence-electron chi connectivity index (χ1n) is 10.7. The summed E-state index contributed by atoms with van der Waals surface area (Å²) in [6, 6.07) is 10.3. The highest BCUT2D eigenvalue weighted by molar-refractivity contribution is 5.88. The van der Waals surface area contributed by atoms with Gasteiger partial charge in [-0.1, -0.05) is 51.1 Å². The van der Waals surface area contributed by atoms with Crippen LogP contribution in [0.3, 0.4) is 0 Å². The Balaban J connectivity index is 1.46. The third-order valence-electron chi connectivity index (χ3n) is 9.24. The summed E-state index contributed by atoms with van der Waals surface area (Å²) in [6.45, 7) is 7.80. The second-order valence-corrected chi connectivity index (χ2v) is 10.1. The van der Waals surface area contributed by atoms with Crippen LogP contribution < -0.4 is 0 Å². The van der Waals surface area contributed by atoms with Gasteiger partial charge in [0, 0.05) is 22.8 Å². The smallest absolute Gasteiger partial charge is 0.184 e. The fraction of sp³-hybridized carbons (Fsp3) is 0.708. The fourth-order valence-electron chi connectivity index (χ4n) is 7.47. The molecule has 1 heterocycles. The van der Waals surface area contributed by atoms with Crippen molar-refractivity contribution >= 4 is 5.78 Å². The molecule has 3 nitrogen and oxygen atoms in total. The molecule has 3 aliphatic carbocycles. The Kier molecular flexibility index (Phi) is 3.91. The van der Waals surface area contributed by atoms with Crippen LogP contribution in [0, 0.1) is 28.1 Å². The predicted molar refractivity (Wildman–Crippen MR) is 104 cm³/mol. The summed E-state index contributed by atoms with van der Waals surface area (Å²) in [4.78, 5) is 13.0. The van der Waals surface area contributed by atoms with Crippen molar-refractivity contribution in [3.8, 4) is 0 Å². The number of rotatable bonds is 1. The molecule has 27 heavy (non-hydrogen) atoms. The molecule has 0 spiro atoms. The summed E-state index contributed by atoms with van der Waals surface area (Å²) in [5.74, 6) is 1.58. The molecule has 3 saturated carbocycles. The number of Topliss-reactive ketones (excluding diaryl/α,β-unsaturated/α-hetero) is 1. The van der Waals surface area contributed by atoms with Crippen molar-refractivity contribution in [3.63, 3.8) is 0 Å². The van der Waals surface area contributed by atoms with Gasteiger partial charge in [-0.3, -0.25) is 4.79 Å². The molecule has 0 radical (unpaired) electrons. The minimum absolute atomic E-state index is 0.00483. The second kappa shape index (κ2) is 5.90. The minimum Gasteiger partial charge on any atom is -0.348 e. The quantitative estimate of drug-likeness (QED) is 0.674. The summed E-state index contributed by atoms with van der Waals surface area (Å²) in [5, 5.41) is 0. The number of benzene rings is 1. The molecule has 1 saturated heterocycles. The van der Waals surface area contributed by atoms with E-state index in [2.05, 4.69) is 32.9 Å². The van der Waals surface area contributed by atoms with Crippen LogP contribution in [0.15, 0.2) is 30.3 Å². The molecule has 4 fully saturated rings. The summed E-state index contributed by atoms with van der Waals surface area (Å²) in [5.41, 5.74) is 1.02. The van der Waals surface area contributed by atoms with E-state index in [1.54, 1.807) is 0 Å². The van der Waals surface area contributed by atoms with Gasteiger partial charge in [-0.05, 0) is 49.4 Å². The van der Waals surface area contributed by atoms with Crippen molar-refractivity contribution < 1.29 is 14.3 Å². The van der Waals surface area contributed by atoms with E-state index in [1.807, 2.05) is 18.2 Å². The highest BCUT2D eigenvalue weighted by Crippen LogP contribution is 2.70. The van der Waals surface area contributed by atoms with E-state index in [4.69, 9.17) is 9.47 Å². The number of hydrogen-bond donors (Lipinski definition) is 0. The van der Waals surface area contributed by atoms with Crippen molar-refractivity contribution in [2.45, 2.75) is 71.7 Å². The van der Waals surface area contributed by atoms with Crippen molar-refractivity contribution in [3.05, 3.63) is 35.9 Å². The Morgan fingerprint density at radius 3 is 2.56 bits per heavy atom. The highest BCUT2D eigenvalue weighted by atomic mass is 16.7. The molecule has 1 aromatic carbocycles. The van der Waals surface area contributed by atoms with E-state index in [1.165, 1.54) is 12.8 Å². The zero-order valence-corrected chi connectivity index (χ0v) is 16.9. The number of ketones is 1. The highest BCUT2D eigenvalue weighted by Gasteiger charge is 2.68. The molecule has 3 heteroatoms. The van der Waals surface area contributed by atoms with Gasteiger partial charge in [0.2, 0.25) is 0 Å². The topological polar surface area (TPSA) is 35.5 Å². The maximum atomic E-state index is 13.0. The third kappa shape index (κ3) is 2.25. The number of ether oxygens (including phenoxy) is 2. The normalized spacial score (nSPS) is 49.2. The van der Waals surface area contributed by atoms with Gasteiger partial charge in [-0.15, -0.1) is 0 Å².